The van der Waals surface area contributed by atoms with Crippen LogP contribution in [-0.4, -0.2) is 7.11 Å². The van der Waals surface area contributed by atoms with Crippen molar-refractivity contribution in [1.29, 1.82) is 0 Å². The first kappa shape index (κ1) is 16.1. The van der Waals surface area contributed by atoms with Gasteiger partial charge < -0.3 is 15.2 Å². The van der Waals surface area contributed by atoms with E-state index in [9.17, 15) is 0 Å². The van der Waals surface area contributed by atoms with Gasteiger partial charge in [-0.1, -0.05) is 27.5 Å². The van der Waals surface area contributed by atoms with Gasteiger partial charge in [0.25, 0.3) is 0 Å². The molecule has 0 spiro atoms. The first-order valence-electron chi connectivity index (χ1n) is 6.51. The van der Waals surface area contributed by atoms with E-state index in [-0.39, 0.29) is 6.04 Å². The summed E-state index contributed by atoms with van der Waals surface area (Å²) in [7, 11) is 1.64. The molecule has 1 atom stereocenters. The van der Waals surface area contributed by atoms with Crippen molar-refractivity contribution in [3.05, 3.63) is 57.0 Å². The van der Waals surface area contributed by atoms with Gasteiger partial charge in [-0.3, -0.25) is 0 Å². The van der Waals surface area contributed by atoms with Crippen LogP contribution in [0.5, 0.6) is 11.5 Å². The molecular weight excluding hydrogens is 354 g/mol. The molecule has 0 unspecified atom stereocenters. The van der Waals surface area contributed by atoms with Crippen molar-refractivity contribution < 1.29 is 9.47 Å². The molecule has 0 aliphatic heterocycles. The van der Waals surface area contributed by atoms with Crippen LogP contribution in [0.25, 0.3) is 0 Å². The minimum absolute atomic E-state index is 0.146. The Morgan fingerprint density at radius 2 is 2.00 bits per heavy atom. The Hall–Kier alpha value is -1.23. The molecule has 0 radical (unpaired) electrons. The summed E-state index contributed by atoms with van der Waals surface area (Å²) in [6.07, 6.45) is 0. The molecule has 2 aromatic carbocycles. The van der Waals surface area contributed by atoms with E-state index in [0.717, 1.165) is 27.1 Å². The van der Waals surface area contributed by atoms with E-state index in [1.54, 1.807) is 13.2 Å². The summed E-state index contributed by atoms with van der Waals surface area (Å²) in [6, 6.07) is 11.1. The standard InChI is InChI=1S/C16H17BrClNO2/c1-10(19)14-8-12(18)3-6-16(14)21-9-11-7-13(20-2)4-5-15(11)17/h3-8,10H,9,19H2,1-2H3/t10-/m0/s1. The van der Waals surface area contributed by atoms with Crippen LogP contribution in [0.3, 0.4) is 0 Å². The quantitative estimate of drug-likeness (QED) is 0.829. The Labute approximate surface area is 138 Å². The second kappa shape index (κ2) is 7.16. The van der Waals surface area contributed by atoms with Crippen molar-refractivity contribution in [2.75, 3.05) is 7.11 Å². The Bertz CT molecular complexity index is 632. The Morgan fingerprint density at radius 3 is 2.67 bits per heavy atom. The Morgan fingerprint density at radius 1 is 1.24 bits per heavy atom. The highest BCUT2D eigenvalue weighted by atomic mass is 79.9. The van der Waals surface area contributed by atoms with Crippen LogP contribution in [0.1, 0.15) is 24.1 Å². The summed E-state index contributed by atoms with van der Waals surface area (Å²) in [5, 5.41) is 0.650. The smallest absolute Gasteiger partial charge is 0.124 e. The lowest BCUT2D eigenvalue weighted by atomic mass is 10.1. The van der Waals surface area contributed by atoms with Gasteiger partial charge in [0.2, 0.25) is 0 Å². The topological polar surface area (TPSA) is 44.5 Å². The molecule has 0 bridgehead atoms. The van der Waals surface area contributed by atoms with E-state index < -0.39 is 0 Å². The lowest BCUT2D eigenvalue weighted by Gasteiger charge is -2.15. The van der Waals surface area contributed by atoms with Crippen LogP contribution in [-0.2, 0) is 6.61 Å². The number of halogens is 2. The Kier molecular flexibility index (Phi) is 5.51. The van der Waals surface area contributed by atoms with Crippen LogP contribution in [0.2, 0.25) is 5.02 Å². The lowest BCUT2D eigenvalue weighted by Crippen LogP contribution is -2.08. The first-order chi connectivity index (χ1) is 10.0. The molecule has 5 heteroatoms. The van der Waals surface area contributed by atoms with Gasteiger partial charge in [-0.15, -0.1) is 0 Å². The molecule has 0 saturated heterocycles. The van der Waals surface area contributed by atoms with E-state index in [1.807, 2.05) is 37.3 Å². The fraction of sp³-hybridized carbons (Fsp3) is 0.250. The zero-order valence-corrected chi connectivity index (χ0v) is 14.2. The summed E-state index contributed by atoms with van der Waals surface area (Å²) in [4.78, 5) is 0. The van der Waals surface area contributed by atoms with Crippen LogP contribution in [0.4, 0.5) is 0 Å². The highest BCUT2D eigenvalue weighted by molar-refractivity contribution is 9.10. The van der Waals surface area contributed by atoms with E-state index >= 15 is 0 Å². The van der Waals surface area contributed by atoms with Gasteiger partial charge in [-0.2, -0.15) is 0 Å². The third-order valence-corrected chi connectivity index (χ3v) is 4.11. The van der Waals surface area contributed by atoms with Crippen LogP contribution in [0, 0.1) is 0 Å². The second-order valence-electron chi connectivity index (χ2n) is 4.72. The highest BCUT2D eigenvalue weighted by Crippen LogP contribution is 2.29. The number of rotatable bonds is 5. The predicted molar refractivity (Wildman–Crippen MR) is 89.1 cm³/mol. The molecular formula is C16H17BrClNO2. The number of hydrogen-bond donors (Lipinski definition) is 1. The second-order valence-corrected chi connectivity index (χ2v) is 6.01. The fourth-order valence-electron chi connectivity index (χ4n) is 1.95. The van der Waals surface area contributed by atoms with Crippen molar-refractivity contribution >= 4 is 27.5 Å². The van der Waals surface area contributed by atoms with Crippen LogP contribution < -0.4 is 15.2 Å². The maximum absolute atomic E-state index is 6.01. The molecule has 2 N–H and O–H groups in total. The molecule has 21 heavy (non-hydrogen) atoms. The molecule has 0 aliphatic rings. The molecule has 112 valence electrons. The van der Waals surface area contributed by atoms with Crippen molar-refractivity contribution in [3.63, 3.8) is 0 Å². The van der Waals surface area contributed by atoms with Gasteiger partial charge in [-0.25, -0.2) is 0 Å². The maximum Gasteiger partial charge on any atom is 0.124 e. The zero-order valence-electron chi connectivity index (χ0n) is 11.9. The summed E-state index contributed by atoms with van der Waals surface area (Å²) in [5.74, 6) is 1.53. The van der Waals surface area contributed by atoms with Gasteiger partial charge in [0.15, 0.2) is 0 Å². The van der Waals surface area contributed by atoms with E-state index in [0.29, 0.717) is 11.6 Å². The number of ether oxygens (including phenoxy) is 2. The fourth-order valence-corrected chi connectivity index (χ4v) is 2.49. The van der Waals surface area contributed by atoms with Crippen molar-refractivity contribution in [1.82, 2.24) is 0 Å². The van der Waals surface area contributed by atoms with Gasteiger partial charge in [0, 0.05) is 26.7 Å². The summed E-state index contributed by atoms with van der Waals surface area (Å²) < 4.78 is 12.1. The molecule has 2 aromatic rings. The summed E-state index contributed by atoms with van der Waals surface area (Å²) >= 11 is 9.52. The molecule has 0 fully saturated rings. The highest BCUT2D eigenvalue weighted by Gasteiger charge is 2.10. The molecule has 2 rings (SSSR count). The number of benzene rings is 2. The van der Waals surface area contributed by atoms with Crippen molar-refractivity contribution in [2.24, 2.45) is 5.73 Å². The third-order valence-electron chi connectivity index (χ3n) is 3.10. The molecule has 0 saturated carbocycles. The SMILES string of the molecule is COc1ccc(Br)c(COc2ccc(Cl)cc2[C@H](C)N)c1. The average molecular weight is 371 g/mol. The van der Waals surface area contributed by atoms with Crippen molar-refractivity contribution in [2.45, 2.75) is 19.6 Å². The zero-order chi connectivity index (χ0) is 15.4. The van der Waals surface area contributed by atoms with E-state index in [4.69, 9.17) is 26.8 Å². The largest absolute Gasteiger partial charge is 0.497 e. The molecule has 3 nitrogen and oxygen atoms in total. The van der Waals surface area contributed by atoms with E-state index in [2.05, 4.69) is 15.9 Å². The summed E-state index contributed by atoms with van der Waals surface area (Å²) in [6.45, 7) is 2.32. The number of methoxy groups -OCH3 is 1. The van der Waals surface area contributed by atoms with Gasteiger partial charge in [0.1, 0.15) is 18.1 Å². The monoisotopic (exact) mass is 369 g/mol. The van der Waals surface area contributed by atoms with Gasteiger partial charge in [0.05, 0.1) is 7.11 Å². The minimum atomic E-state index is -0.146. The van der Waals surface area contributed by atoms with Crippen LogP contribution >= 0.6 is 27.5 Å². The minimum Gasteiger partial charge on any atom is -0.497 e. The lowest BCUT2D eigenvalue weighted by molar-refractivity contribution is 0.300. The molecule has 0 aromatic heterocycles. The summed E-state index contributed by atoms with van der Waals surface area (Å²) in [5.41, 5.74) is 7.85. The predicted octanol–water partition coefficient (Wildman–Crippen LogP) is 4.71. The normalized spacial score (nSPS) is 12.0. The molecule has 0 heterocycles. The maximum atomic E-state index is 6.01. The van der Waals surface area contributed by atoms with Crippen LogP contribution in [0.15, 0.2) is 40.9 Å². The molecule has 0 amide bonds. The van der Waals surface area contributed by atoms with Gasteiger partial charge >= 0.3 is 0 Å². The van der Waals surface area contributed by atoms with Gasteiger partial charge in [-0.05, 0) is 43.3 Å². The first-order valence-corrected chi connectivity index (χ1v) is 7.68. The van der Waals surface area contributed by atoms with E-state index in [1.165, 1.54) is 0 Å². The molecule has 0 aliphatic carbocycles. The Balaban J connectivity index is 2.20. The third kappa shape index (κ3) is 4.13. The van der Waals surface area contributed by atoms with Crippen molar-refractivity contribution in [3.8, 4) is 11.5 Å². The number of nitrogens with two attached hydrogens (primary N) is 1. The average Bonchev–Trinajstić information content (AvgIpc) is 2.47. The number of hydrogen-bond acceptors (Lipinski definition) is 3.